The summed E-state index contributed by atoms with van der Waals surface area (Å²) in [6, 6.07) is 16.3. The Labute approximate surface area is 134 Å². The molecule has 4 rings (SSSR count). The molecular weight excluding hydrogens is 344 g/mol. The van der Waals surface area contributed by atoms with Crippen molar-refractivity contribution in [3.05, 3.63) is 70.2 Å². The van der Waals surface area contributed by atoms with Gasteiger partial charge in [0.2, 0.25) is 11.6 Å². The van der Waals surface area contributed by atoms with Gasteiger partial charge in [-0.2, -0.15) is 0 Å². The maximum Gasteiger partial charge on any atom is 0.237 e. The van der Waals surface area contributed by atoms with Crippen LogP contribution >= 0.6 is 15.9 Å². The van der Waals surface area contributed by atoms with E-state index in [1.165, 1.54) is 0 Å². The van der Waals surface area contributed by atoms with Gasteiger partial charge < -0.3 is 4.42 Å². The molecular formula is C18H9BrO3. The molecule has 3 aromatic rings. The molecule has 1 aliphatic carbocycles. The van der Waals surface area contributed by atoms with Crippen LogP contribution in [0.5, 0.6) is 0 Å². The molecule has 0 spiro atoms. The summed E-state index contributed by atoms with van der Waals surface area (Å²) in [4.78, 5) is 24.5. The number of fused-ring (bicyclic) bond motifs is 3. The number of hydrogen-bond acceptors (Lipinski definition) is 3. The van der Waals surface area contributed by atoms with Crippen LogP contribution < -0.4 is 0 Å². The molecule has 1 aromatic heterocycles. The maximum absolute atomic E-state index is 12.3. The van der Waals surface area contributed by atoms with Crippen LogP contribution in [0.25, 0.3) is 22.6 Å². The summed E-state index contributed by atoms with van der Waals surface area (Å²) in [5.41, 5.74) is 2.23. The fourth-order valence-electron chi connectivity index (χ4n) is 2.68. The molecule has 22 heavy (non-hydrogen) atoms. The van der Waals surface area contributed by atoms with Gasteiger partial charge in [-0.1, -0.05) is 58.4 Å². The molecule has 106 valence electrons. The molecule has 3 nitrogen and oxygen atoms in total. The molecule has 0 amide bonds. The Morgan fingerprint density at radius 1 is 0.727 bits per heavy atom. The standard InChI is InChI=1S/C18H9BrO3/c19-14-8-4-3-7-12(14)15-9-13-17(21)16(20)10-5-1-2-6-11(10)18(13)22-15/h1-9H. The van der Waals surface area contributed by atoms with Crippen LogP contribution in [0.15, 0.2) is 63.5 Å². The number of furan rings is 1. The van der Waals surface area contributed by atoms with E-state index in [-0.39, 0.29) is 0 Å². The normalized spacial score (nSPS) is 13.0. The second kappa shape index (κ2) is 4.78. The van der Waals surface area contributed by atoms with Gasteiger partial charge in [-0.15, -0.1) is 0 Å². The van der Waals surface area contributed by atoms with Crippen LogP contribution in [0.2, 0.25) is 0 Å². The van der Waals surface area contributed by atoms with Crippen molar-refractivity contribution in [3.63, 3.8) is 0 Å². The summed E-state index contributed by atoms with van der Waals surface area (Å²) in [5, 5.41) is 0. The lowest BCUT2D eigenvalue weighted by Gasteiger charge is -2.12. The molecule has 0 saturated carbocycles. The van der Waals surface area contributed by atoms with Gasteiger partial charge in [0.05, 0.1) is 5.56 Å². The van der Waals surface area contributed by atoms with E-state index in [1.54, 1.807) is 24.3 Å². The van der Waals surface area contributed by atoms with Crippen molar-refractivity contribution in [2.45, 2.75) is 0 Å². The first-order valence-electron chi connectivity index (χ1n) is 6.74. The number of ketones is 2. The van der Waals surface area contributed by atoms with Crippen molar-refractivity contribution in [2.75, 3.05) is 0 Å². The highest BCUT2D eigenvalue weighted by Crippen LogP contribution is 2.40. The molecule has 0 atom stereocenters. The quantitative estimate of drug-likeness (QED) is 0.593. The van der Waals surface area contributed by atoms with Crippen LogP contribution in [0.3, 0.4) is 0 Å². The van der Waals surface area contributed by atoms with Crippen molar-refractivity contribution in [3.8, 4) is 22.6 Å². The fraction of sp³-hybridized carbons (Fsp3) is 0. The van der Waals surface area contributed by atoms with E-state index in [0.717, 1.165) is 10.0 Å². The Hall–Kier alpha value is -2.46. The predicted molar refractivity (Wildman–Crippen MR) is 85.9 cm³/mol. The van der Waals surface area contributed by atoms with E-state index >= 15 is 0 Å². The van der Waals surface area contributed by atoms with Gasteiger partial charge in [-0.3, -0.25) is 9.59 Å². The van der Waals surface area contributed by atoms with Gasteiger partial charge in [0.15, 0.2) is 0 Å². The second-order valence-electron chi connectivity index (χ2n) is 5.04. The Kier molecular flexibility index (Phi) is 2.87. The van der Waals surface area contributed by atoms with Crippen LogP contribution in [-0.4, -0.2) is 11.6 Å². The number of carbonyl (C=O) groups excluding carboxylic acids is 2. The summed E-state index contributed by atoms with van der Waals surface area (Å²) >= 11 is 3.47. The molecule has 0 radical (unpaired) electrons. The lowest BCUT2D eigenvalue weighted by atomic mass is 9.89. The van der Waals surface area contributed by atoms with Crippen molar-refractivity contribution in [2.24, 2.45) is 0 Å². The Morgan fingerprint density at radius 3 is 2.05 bits per heavy atom. The number of Topliss-reactive ketones (excluding diaryl/α,β-unsaturated/α-hetero) is 2. The Morgan fingerprint density at radius 2 is 1.32 bits per heavy atom. The number of hydrogen-bond donors (Lipinski definition) is 0. The van der Waals surface area contributed by atoms with Crippen molar-refractivity contribution in [1.29, 1.82) is 0 Å². The van der Waals surface area contributed by atoms with Gasteiger partial charge >= 0.3 is 0 Å². The summed E-state index contributed by atoms with van der Waals surface area (Å²) in [5.74, 6) is 0.0274. The van der Waals surface area contributed by atoms with Crippen molar-refractivity contribution in [1.82, 2.24) is 0 Å². The smallest absolute Gasteiger partial charge is 0.237 e. The molecule has 1 heterocycles. The first-order valence-corrected chi connectivity index (χ1v) is 7.53. The minimum Gasteiger partial charge on any atom is -0.455 e. The zero-order valence-corrected chi connectivity index (χ0v) is 12.9. The lowest BCUT2D eigenvalue weighted by molar-refractivity contribution is 0.0814. The minimum absolute atomic E-state index is 0.328. The lowest BCUT2D eigenvalue weighted by Crippen LogP contribution is -2.19. The third kappa shape index (κ3) is 1.81. The molecule has 0 aliphatic heterocycles. The highest BCUT2D eigenvalue weighted by atomic mass is 79.9. The van der Waals surface area contributed by atoms with Crippen LogP contribution in [0.4, 0.5) is 0 Å². The Balaban J connectivity index is 1.98. The molecule has 0 bridgehead atoms. The third-order valence-electron chi connectivity index (χ3n) is 3.74. The van der Waals surface area contributed by atoms with E-state index < -0.39 is 11.6 Å². The average molecular weight is 353 g/mol. The summed E-state index contributed by atoms with van der Waals surface area (Å²) < 4.78 is 6.78. The minimum atomic E-state index is -0.518. The van der Waals surface area contributed by atoms with Crippen LogP contribution in [-0.2, 0) is 0 Å². The topological polar surface area (TPSA) is 47.3 Å². The van der Waals surface area contributed by atoms with Crippen LogP contribution in [0.1, 0.15) is 20.7 Å². The molecule has 0 saturated heterocycles. The predicted octanol–water partition coefficient (Wildman–Crippen LogP) is 4.76. The van der Waals surface area contributed by atoms with E-state index in [0.29, 0.717) is 28.2 Å². The molecule has 0 fully saturated rings. The first-order chi connectivity index (χ1) is 10.7. The van der Waals surface area contributed by atoms with Gasteiger partial charge in [0, 0.05) is 21.2 Å². The zero-order chi connectivity index (χ0) is 15.3. The monoisotopic (exact) mass is 352 g/mol. The summed E-state index contributed by atoms with van der Waals surface area (Å²) in [6.45, 7) is 0. The second-order valence-corrected chi connectivity index (χ2v) is 5.89. The molecule has 4 heteroatoms. The van der Waals surface area contributed by atoms with E-state index in [9.17, 15) is 9.59 Å². The first kappa shape index (κ1) is 13.2. The average Bonchev–Trinajstić information content (AvgIpc) is 2.98. The number of rotatable bonds is 1. The number of benzene rings is 2. The number of halogens is 1. The molecule has 0 N–H and O–H groups in total. The van der Waals surface area contributed by atoms with Gasteiger partial charge in [-0.25, -0.2) is 0 Å². The van der Waals surface area contributed by atoms with E-state index in [4.69, 9.17) is 4.42 Å². The molecule has 2 aromatic carbocycles. The summed E-state index contributed by atoms with van der Waals surface area (Å²) in [6.07, 6.45) is 0. The van der Waals surface area contributed by atoms with Gasteiger partial charge in [-0.05, 0) is 12.1 Å². The largest absolute Gasteiger partial charge is 0.455 e. The molecule has 0 unspecified atom stereocenters. The molecule has 1 aliphatic rings. The van der Waals surface area contributed by atoms with Crippen LogP contribution in [0, 0.1) is 0 Å². The highest BCUT2D eigenvalue weighted by molar-refractivity contribution is 9.10. The SMILES string of the molecule is O=C1C(=O)c2cc(-c3ccccc3Br)oc2-c2ccccc21. The number of carbonyl (C=O) groups is 2. The summed E-state index contributed by atoms with van der Waals surface area (Å²) in [7, 11) is 0. The fourth-order valence-corrected chi connectivity index (χ4v) is 3.16. The van der Waals surface area contributed by atoms with E-state index in [1.807, 2.05) is 30.3 Å². The van der Waals surface area contributed by atoms with Gasteiger partial charge in [0.25, 0.3) is 0 Å². The zero-order valence-electron chi connectivity index (χ0n) is 11.3. The highest BCUT2D eigenvalue weighted by Gasteiger charge is 2.33. The van der Waals surface area contributed by atoms with Crippen molar-refractivity contribution >= 4 is 27.5 Å². The van der Waals surface area contributed by atoms with Gasteiger partial charge in [0.1, 0.15) is 11.5 Å². The van der Waals surface area contributed by atoms with E-state index in [2.05, 4.69) is 15.9 Å². The van der Waals surface area contributed by atoms with Crippen molar-refractivity contribution < 1.29 is 14.0 Å². The maximum atomic E-state index is 12.3. The Bertz CT molecular complexity index is 937. The third-order valence-corrected chi connectivity index (χ3v) is 4.43.